The summed E-state index contributed by atoms with van der Waals surface area (Å²) in [6.07, 6.45) is 5.25. The quantitative estimate of drug-likeness (QED) is 0.790. The van der Waals surface area contributed by atoms with Gasteiger partial charge in [-0.15, -0.1) is 35.4 Å². The van der Waals surface area contributed by atoms with Gasteiger partial charge in [-0.25, -0.2) is 0 Å². The van der Waals surface area contributed by atoms with E-state index in [0.717, 1.165) is 22.8 Å². The Morgan fingerprint density at radius 2 is 2.12 bits per heavy atom. The standard InChI is InChI=1S/C14H23NS2/c1-2-3-7-13(12-6-4-8-15-11-12)14-16-9-5-10-17-14/h12-15H,4-11H2,1H3. The van der Waals surface area contributed by atoms with Crippen LogP contribution in [0.2, 0.25) is 0 Å². The van der Waals surface area contributed by atoms with Crippen LogP contribution in [0.1, 0.15) is 32.6 Å². The third-order valence-corrected chi connectivity index (χ3v) is 6.88. The maximum absolute atomic E-state index is 3.56. The Morgan fingerprint density at radius 1 is 1.29 bits per heavy atom. The predicted octanol–water partition coefficient (Wildman–Crippen LogP) is 3.21. The van der Waals surface area contributed by atoms with Crippen molar-refractivity contribution in [1.82, 2.24) is 5.32 Å². The molecule has 2 atom stereocenters. The highest BCUT2D eigenvalue weighted by atomic mass is 32.2. The van der Waals surface area contributed by atoms with Crippen molar-refractivity contribution in [3.63, 3.8) is 0 Å². The van der Waals surface area contributed by atoms with Gasteiger partial charge in [0, 0.05) is 6.42 Å². The van der Waals surface area contributed by atoms with Crippen molar-refractivity contribution in [3.05, 3.63) is 0 Å². The van der Waals surface area contributed by atoms with Crippen molar-refractivity contribution in [1.29, 1.82) is 0 Å². The number of nitrogens with one attached hydrogen (secondary N) is 1. The van der Waals surface area contributed by atoms with Gasteiger partial charge in [-0.1, -0.05) is 0 Å². The molecule has 2 rings (SSSR count). The molecule has 0 aromatic carbocycles. The van der Waals surface area contributed by atoms with Gasteiger partial charge in [-0.2, -0.15) is 0 Å². The molecule has 1 nitrogen and oxygen atoms in total. The summed E-state index contributed by atoms with van der Waals surface area (Å²) < 4.78 is 0.800. The Kier molecular flexibility index (Phi) is 6.11. The van der Waals surface area contributed by atoms with Crippen molar-refractivity contribution >= 4 is 23.5 Å². The molecule has 96 valence electrons. The molecule has 2 aliphatic rings. The van der Waals surface area contributed by atoms with E-state index in [2.05, 4.69) is 40.7 Å². The smallest absolute Gasteiger partial charge is 0.0542 e. The molecule has 0 saturated carbocycles. The van der Waals surface area contributed by atoms with Gasteiger partial charge in [0.25, 0.3) is 0 Å². The third kappa shape index (κ3) is 4.12. The average molecular weight is 269 g/mol. The minimum absolute atomic E-state index is 0.797. The first kappa shape index (κ1) is 13.6. The van der Waals surface area contributed by atoms with Crippen LogP contribution < -0.4 is 5.32 Å². The zero-order valence-corrected chi connectivity index (χ0v) is 12.3. The Bertz CT molecular complexity index is 252. The van der Waals surface area contributed by atoms with Crippen LogP contribution >= 0.6 is 23.5 Å². The average Bonchev–Trinajstić information content (AvgIpc) is 2.42. The van der Waals surface area contributed by atoms with Gasteiger partial charge in [-0.05, 0) is 62.6 Å². The van der Waals surface area contributed by atoms with Gasteiger partial charge in [0.2, 0.25) is 0 Å². The lowest BCUT2D eigenvalue weighted by atomic mass is 9.85. The fourth-order valence-electron chi connectivity index (χ4n) is 2.70. The molecule has 0 amide bonds. The van der Waals surface area contributed by atoms with Crippen LogP contribution in [0.25, 0.3) is 0 Å². The van der Waals surface area contributed by atoms with Gasteiger partial charge >= 0.3 is 0 Å². The Hall–Kier alpha value is 0.220. The molecule has 2 unspecified atom stereocenters. The van der Waals surface area contributed by atoms with Crippen molar-refractivity contribution < 1.29 is 0 Å². The largest absolute Gasteiger partial charge is 0.316 e. The van der Waals surface area contributed by atoms with Crippen molar-refractivity contribution in [2.75, 3.05) is 24.6 Å². The van der Waals surface area contributed by atoms with Gasteiger partial charge in [-0.3, -0.25) is 0 Å². The summed E-state index contributed by atoms with van der Waals surface area (Å²) in [7, 11) is 0. The minimum atomic E-state index is 0.797. The second-order valence-corrected chi connectivity index (χ2v) is 7.66. The van der Waals surface area contributed by atoms with Crippen molar-refractivity contribution in [2.24, 2.45) is 11.8 Å². The maximum Gasteiger partial charge on any atom is 0.0542 e. The van der Waals surface area contributed by atoms with Crippen LogP contribution in [-0.2, 0) is 0 Å². The van der Waals surface area contributed by atoms with Crippen LogP contribution in [0, 0.1) is 23.7 Å². The Labute approximate surface area is 114 Å². The fraction of sp³-hybridized carbons (Fsp3) is 0.857. The molecule has 0 bridgehead atoms. The lowest BCUT2D eigenvalue weighted by molar-refractivity contribution is 0.281. The molecular weight excluding hydrogens is 246 g/mol. The lowest BCUT2D eigenvalue weighted by Gasteiger charge is -2.36. The van der Waals surface area contributed by atoms with Crippen LogP contribution in [0.4, 0.5) is 0 Å². The second-order valence-electron chi connectivity index (χ2n) is 4.86. The summed E-state index contributed by atoms with van der Waals surface area (Å²) in [6, 6.07) is 0. The zero-order valence-electron chi connectivity index (χ0n) is 10.7. The topological polar surface area (TPSA) is 12.0 Å². The molecule has 2 saturated heterocycles. The molecule has 2 aliphatic heterocycles. The number of hydrogen-bond donors (Lipinski definition) is 1. The SMILES string of the molecule is CC#CCC(C1CCCNC1)C1SCCCS1. The molecule has 0 spiro atoms. The van der Waals surface area contributed by atoms with Crippen LogP contribution in [0.15, 0.2) is 0 Å². The molecule has 0 radical (unpaired) electrons. The summed E-state index contributed by atoms with van der Waals surface area (Å²) in [5, 5.41) is 3.56. The normalized spacial score (nSPS) is 28.2. The Morgan fingerprint density at radius 3 is 2.76 bits per heavy atom. The van der Waals surface area contributed by atoms with Gasteiger partial charge < -0.3 is 5.32 Å². The maximum atomic E-state index is 3.56. The van der Waals surface area contributed by atoms with E-state index in [1.165, 1.54) is 43.9 Å². The summed E-state index contributed by atoms with van der Waals surface area (Å²) in [6.45, 7) is 4.40. The van der Waals surface area contributed by atoms with E-state index < -0.39 is 0 Å². The fourth-order valence-corrected chi connectivity index (χ4v) is 6.07. The first-order chi connectivity index (χ1) is 8.42. The summed E-state index contributed by atoms with van der Waals surface area (Å²) in [5.41, 5.74) is 0. The van der Waals surface area contributed by atoms with Gasteiger partial charge in [0.05, 0.1) is 4.58 Å². The molecule has 0 aliphatic carbocycles. The van der Waals surface area contributed by atoms with Gasteiger partial charge in [0.1, 0.15) is 0 Å². The molecule has 3 heteroatoms. The van der Waals surface area contributed by atoms with Crippen LogP contribution in [0.5, 0.6) is 0 Å². The highest BCUT2D eigenvalue weighted by molar-refractivity contribution is 8.17. The first-order valence-electron chi connectivity index (χ1n) is 6.75. The monoisotopic (exact) mass is 269 g/mol. The van der Waals surface area contributed by atoms with E-state index in [9.17, 15) is 0 Å². The number of piperidine rings is 1. The first-order valence-corrected chi connectivity index (χ1v) is 8.85. The van der Waals surface area contributed by atoms with E-state index in [1.54, 1.807) is 0 Å². The molecule has 17 heavy (non-hydrogen) atoms. The third-order valence-electron chi connectivity index (χ3n) is 3.66. The number of rotatable bonds is 3. The summed E-state index contributed by atoms with van der Waals surface area (Å²) in [4.78, 5) is 0. The van der Waals surface area contributed by atoms with E-state index in [0.29, 0.717) is 0 Å². The lowest BCUT2D eigenvalue weighted by Crippen LogP contribution is -2.37. The second kappa shape index (κ2) is 7.61. The summed E-state index contributed by atoms with van der Waals surface area (Å²) >= 11 is 4.37. The molecular formula is C14H23NS2. The summed E-state index contributed by atoms with van der Waals surface area (Å²) in [5.74, 6) is 10.8. The molecule has 0 aromatic heterocycles. The van der Waals surface area contributed by atoms with E-state index >= 15 is 0 Å². The van der Waals surface area contributed by atoms with Crippen molar-refractivity contribution in [2.45, 2.75) is 37.2 Å². The Balaban J connectivity index is 1.96. The van der Waals surface area contributed by atoms with E-state index in [1.807, 2.05) is 6.92 Å². The number of thioether (sulfide) groups is 2. The van der Waals surface area contributed by atoms with Gasteiger partial charge in [0.15, 0.2) is 0 Å². The molecule has 1 N–H and O–H groups in total. The predicted molar refractivity (Wildman–Crippen MR) is 80.5 cm³/mol. The van der Waals surface area contributed by atoms with E-state index in [4.69, 9.17) is 0 Å². The molecule has 2 fully saturated rings. The molecule has 2 heterocycles. The minimum Gasteiger partial charge on any atom is -0.316 e. The van der Waals surface area contributed by atoms with Crippen LogP contribution in [0.3, 0.4) is 0 Å². The van der Waals surface area contributed by atoms with Crippen LogP contribution in [-0.4, -0.2) is 29.2 Å². The van der Waals surface area contributed by atoms with Crippen molar-refractivity contribution in [3.8, 4) is 11.8 Å². The highest BCUT2D eigenvalue weighted by Crippen LogP contribution is 2.41. The number of hydrogen-bond acceptors (Lipinski definition) is 3. The van der Waals surface area contributed by atoms with E-state index in [-0.39, 0.29) is 0 Å². The zero-order chi connectivity index (χ0) is 11.9. The highest BCUT2D eigenvalue weighted by Gasteiger charge is 2.31. The molecule has 0 aromatic rings.